The molecule has 4 aliphatic rings. The van der Waals surface area contributed by atoms with Crippen LogP contribution in [0.15, 0.2) is 54.8 Å². The van der Waals surface area contributed by atoms with Crippen molar-refractivity contribution in [2.24, 2.45) is 23.2 Å². The van der Waals surface area contributed by atoms with Crippen LogP contribution in [0.5, 0.6) is 5.75 Å². The number of hydrogen-bond acceptors (Lipinski definition) is 2. The number of phenols is 1. The second kappa shape index (κ2) is 8.05. The summed E-state index contributed by atoms with van der Waals surface area (Å²) in [4.78, 5) is 0. The predicted molar refractivity (Wildman–Crippen MR) is 120 cm³/mol. The molecule has 1 spiro atoms. The van der Waals surface area contributed by atoms with Crippen molar-refractivity contribution in [1.29, 1.82) is 0 Å². The van der Waals surface area contributed by atoms with Gasteiger partial charge >= 0.3 is 0 Å². The first kappa shape index (κ1) is 20.3. The normalized spacial score (nSPS) is 36.8. The minimum Gasteiger partial charge on any atom is -0.508 e. The molecule has 0 radical (unpaired) electrons. The maximum atomic E-state index is 9.97. The number of allylic oxidation sites excluding steroid dienone is 4. The minimum absolute atomic E-state index is 0.235. The van der Waals surface area contributed by atoms with Gasteiger partial charge in [0.2, 0.25) is 0 Å². The van der Waals surface area contributed by atoms with Crippen molar-refractivity contribution in [2.75, 3.05) is 0 Å². The van der Waals surface area contributed by atoms with Gasteiger partial charge in [-0.1, -0.05) is 38.6 Å². The lowest BCUT2D eigenvalue weighted by Crippen LogP contribution is -2.45. The molecule has 0 aromatic heterocycles. The largest absolute Gasteiger partial charge is 0.508 e. The fourth-order valence-corrected chi connectivity index (χ4v) is 6.90. The van der Waals surface area contributed by atoms with E-state index in [9.17, 15) is 5.11 Å². The van der Waals surface area contributed by atoms with Gasteiger partial charge in [0.1, 0.15) is 17.6 Å². The molecule has 0 bridgehead atoms. The van der Waals surface area contributed by atoms with Crippen LogP contribution in [0.3, 0.4) is 0 Å². The van der Waals surface area contributed by atoms with Gasteiger partial charge in [0.25, 0.3) is 0 Å². The Hall–Kier alpha value is -1.96. The lowest BCUT2D eigenvalue weighted by Gasteiger charge is -2.49. The van der Waals surface area contributed by atoms with Gasteiger partial charge in [-0.25, -0.2) is 0 Å². The molecule has 2 heteroatoms. The number of fused-ring (bicyclic) bond motifs is 4. The van der Waals surface area contributed by atoms with E-state index in [1.807, 2.05) is 45.1 Å². The number of phenolic OH excluding ortho intramolecular Hbond substituents is 1. The highest BCUT2D eigenvalue weighted by molar-refractivity contribution is 5.41. The molecule has 0 aliphatic heterocycles. The summed E-state index contributed by atoms with van der Waals surface area (Å²) in [6.45, 7) is 9.83. The van der Waals surface area contributed by atoms with Gasteiger partial charge in [-0.05, 0) is 104 Å². The third-order valence-electron chi connectivity index (χ3n) is 8.01. The second-order valence-corrected chi connectivity index (χ2v) is 9.08. The fourth-order valence-electron chi connectivity index (χ4n) is 6.90. The summed E-state index contributed by atoms with van der Waals surface area (Å²) < 4.78 is 6.66. The molecule has 29 heavy (non-hydrogen) atoms. The average Bonchev–Trinajstić information content (AvgIpc) is 3.32. The van der Waals surface area contributed by atoms with Crippen molar-refractivity contribution >= 4 is 0 Å². The van der Waals surface area contributed by atoms with Crippen LogP contribution in [0.1, 0.15) is 69.9 Å². The standard InChI is InChI=1S/C25H30O2.C2H6/c1-3-5-6-19(4-2)27-23-15-25-14-17(25)8-12-22(25)21-10-7-16-13-18(26)9-11-20(16)24(21)23;1-2/h3-6,9,11,13,17,21-24,26H,1,7-8,10,12,14-15H2,2H3;1-2H3/b6-5-,19-4+;. The SMILES string of the molecule is C=C/C=C\C(=C/C)OC1CC23CC2CCC3C2CCc3cc(O)ccc3C12.CC. The van der Waals surface area contributed by atoms with Crippen LogP contribution >= 0.6 is 0 Å². The Balaban J connectivity index is 0.000000994. The predicted octanol–water partition coefficient (Wildman–Crippen LogP) is 6.92. The number of aryl methyl sites for hydroxylation is 1. The fraction of sp³-hybridized carbons (Fsp3) is 0.556. The van der Waals surface area contributed by atoms with Gasteiger partial charge in [-0.3, -0.25) is 0 Å². The van der Waals surface area contributed by atoms with E-state index in [4.69, 9.17) is 4.74 Å². The molecule has 0 saturated heterocycles. The van der Waals surface area contributed by atoms with E-state index >= 15 is 0 Å². The van der Waals surface area contributed by atoms with E-state index in [0.29, 0.717) is 17.1 Å². The van der Waals surface area contributed by atoms with Gasteiger partial charge in [0.15, 0.2) is 0 Å². The summed E-state index contributed by atoms with van der Waals surface area (Å²) in [5.41, 5.74) is 3.33. The van der Waals surface area contributed by atoms with Crippen molar-refractivity contribution in [2.45, 2.75) is 71.3 Å². The van der Waals surface area contributed by atoms with E-state index in [0.717, 1.165) is 29.9 Å². The van der Waals surface area contributed by atoms with E-state index in [1.54, 1.807) is 6.08 Å². The van der Waals surface area contributed by atoms with Gasteiger partial charge in [0, 0.05) is 5.92 Å². The zero-order valence-corrected chi connectivity index (χ0v) is 18.2. The molecule has 5 rings (SSSR count). The Morgan fingerprint density at radius 2 is 2.03 bits per heavy atom. The maximum Gasteiger partial charge on any atom is 0.115 e. The molecule has 1 aromatic carbocycles. The summed E-state index contributed by atoms with van der Waals surface area (Å²) in [6, 6.07) is 6.02. The summed E-state index contributed by atoms with van der Waals surface area (Å²) >= 11 is 0. The third kappa shape index (κ3) is 3.35. The first-order valence-electron chi connectivity index (χ1n) is 11.6. The first-order chi connectivity index (χ1) is 14.2. The molecule has 156 valence electrons. The second-order valence-electron chi connectivity index (χ2n) is 9.08. The lowest BCUT2D eigenvalue weighted by atomic mass is 9.57. The van der Waals surface area contributed by atoms with E-state index in [1.165, 1.54) is 43.2 Å². The molecule has 3 saturated carbocycles. The summed E-state index contributed by atoms with van der Waals surface area (Å²) in [7, 11) is 0. The Kier molecular flexibility index (Phi) is 5.64. The Morgan fingerprint density at radius 1 is 1.21 bits per heavy atom. The molecular formula is C27H36O2. The molecule has 1 N–H and O–H groups in total. The van der Waals surface area contributed by atoms with Crippen LogP contribution in [0.25, 0.3) is 0 Å². The first-order valence-corrected chi connectivity index (χ1v) is 11.6. The Morgan fingerprint density at radius 3 is 2.76 bits per heavy atom. The molecule has 3 fully saturated rings. The van der Waals surface area contributed by atoms with Crippen molar-refractivity contribution in [3.63, 3.8) is 0 Å². The van der Waals surface area contributed by atoms with Crippen molar-refractivity contribution < 1.29 is 9.84 Å². The topological polar surface area (TPSA) is 29.5 Å². The van der Waals surface area contributed by atoms with Crippen LogP contribution < -0.4 is 0 Å². The molecule has 6 unspecified atom stereocenters. The van der Waals surface area contributed by atoms with Crippen molar-refractivity contribution in [3.05, 3.63) is 66.0 Å². The number of benzene rings is 1. The van der Waals surface area contributed by atoms with Gasteiger partial charge in [0.05, 0.1) is 0 Å². The van der Waals surface area contributed by atoms with Crippen LogP contribution in [-0.2, 0) is 11.2 Å². The van der Waals surface area contributed by atoms with Crippen LogP contribution in [0.2, 0.25) is 0 Å². The number of rotatable bonds is 4. The number of hydrogen-bond donors (Lipinski definition) is 1. The Bertz CT molecular complexity index is 820. The molecule has 1 aromatic rings. The highest BCUT2D eigenvalue weighted by atomic mass is 16.5. The number of ether oxygens (including phenoxy) is 1. The molecule has 6 atom stereocenters. The summed E-state index contributed by atoms with van der Waals surface area (Å²) in [5.74, 6) is 4.37. The Labute approximate surface area is 176 Å². The molecule has 4 aliphatic carbocycles. The minimum atomic E-state index is 0.235. The van der Waals surface area contributed by atoms with Crippen molar-refractivity contribution in [3.8, 4) is 5.75 Å². The van der Waals surface area contributed by atoms with Crippen LogP contribution in [-0.4, -0.2) is 11.2 Å². The monoisotopic (exact) mass is 392 g/mol. The van der Waals surface area contributed by atoms with Crippen LogP contribution in [0, 0.1) is 23.2 Å². The molecular weight excluding hydrogens is 356 g/mol. The molecule has 2 nitrogen and oxygen atoms in total. The maximum absolute atomic E-state index is 9.97. The number of aromatic hydroxyl groups is 1. The van der Waals surface area contributed by atoms with E-state index in [2.05, 4.69) is 18.7 Å². The van der Waals surface area contributed by atoms with Gasteiger partial charge in [-0.2, -0.15) is 0 Å². The average molecular weight is 393 g/mol. The quantitative estimate of drug-likeness (QED) is 0.445. The molecule has 0 amide bonds. The zero-order chi connectivity index (χ0) is 20.6. The molecule has 0 heterocycles. The van der Waals surface area contributed by atoms with E-state index in [-0.39, 0.29) is 6.10 Å². The highest BCUT2D eigenvalue weighted by Gasteiger charge is 2.68. The van der Waals surface area contributed by atoms with Crippen molar-refractivity contribution in [1.82, 2.24) is 0 Å². The smallest absolute Gasteiger partial charge is 0.115 e. The zero-order valence-electron chi connectivity index (χ0n) is 18.2. The summed E-state index contributed by atoms with van der Waals surface area (Å²) in [5, 5.41) is 9.97. The summed E-state index contributed by atoms with van der Waals surface area (Å²) in [6.07, 6.45) is 15.9. The van der Waals surface area contributed by atoms with Gasteiger partial charge in [-0.15, -0.1) is 0 Å². The van der Waals surface area contributed by atoms with Crippen LogP contribution in [0.4, 0.5) is 0 Å². The van der Waals surface area contributed by atoms with Gasteiger partial charge < -0.3 is 9.84 Å². The highest BCUT2D eigenvalue weighted by Crippen LogP contribution is 2.75. The van der Waals surface area contributed by atoms with E-state index < -0.39 is 0 Å². The third-order valence-corrected chi connectivity index (χ3v) is 8.01. The lowest BCUT2D eigenvalue weighted by molar-refractivity contribution is -0.0259.